The Morgan fingerprint density at radius 2 is 2.16 bits per heavy atom. The van der Waals surface area contributed by atoms with Crippen LogP contribution in [-0.4, -0.2) is 27.0 Å². The highest BCUT2D eigenvalue weighted by Gasteiger charge is 2.37. The molecule has 1 aromatic carbocycles. The van der Waals surface area contributed by atoms with Gasteiger partial charge in [0.25, 0.3) is 0 Å². The van der Waals surface area contributed by atoms with E-state index < -0.39 is 15.3 Å². The minimum atomic E-state index is -2.98. The van der Waals surface area contributed by atoms with E-state index in [2.05, 4.69) is 6.07 Å². The van der Waals surface area contributed by atoms with Gasteiger partial charge in [-0.25, -0.2) is 8.42 Å². The van der Waals surface area contributed by atoms with Crippen molar-refractivity contribution in [1.82, 2.24) is 0 Å². The van der Waals surface area contributed by atoms with Crippen LogP contribution in [0.15, 0.2) is 24.3 Å². The topological polar surface area (TPSA) is 67.2 Å². The fourth-order valence-corrected chi connectivity index (χ4v) is 3.19. The summed E-state index contributed by atoms with van der Waals surface area (Å²) in [6, 6.07) is 9.91. The van der Waals surface area contributed by atoms with Crippen LogP contribution in [0.4, 0.5) is 0 Å². The summed E-state index contributed by atoms with van der Waals surface area (Å²) in [7, 11) is -2.98. The number of nitrogens with zero attached hydrogens (tertiary/aromatic N) is 1. The van der Waals surface area contributed by atoms with Crippen LogP contribution >= 0.6 is 0 Å². The van der Waals surface area contributed by atoms with E-state index in [1.807, 2.05) is 24.3 Å². The highest BCUT2D eigenvalue weighted by Crippen LogP contribution is 2.41. The summed E-state index contributed by atoms with van der Waals surface area (Å²) < 4.78 is 28.0. The molecule has 0 bridgehead atoms. The van der Waals surface area contributed by atoms with E-state index in [-0.39, 0.29) is 5.75 Å². The number of sulfone groups is 1. The van der Waals surface area contributed by atoms with Crippen LogP contribution in [0, 0.1) is 11.3 Å². The van der Waals surface area contributed by atoms with Crippen molar-refractivity contribution in [3.05, 3.63) is 29.8 Å². The van der Waals surface area contributed by atoms with Gasteiger partial charge in [0.15, 0.2) is 0 Å². The molecule has 2 rings (SSSR count). The van der Waals surface area contributed by atoms with Crippen LogP contribution in [0.2, 0.25) is 0 Å². The molecule has 0 saturated carbocycles. The maximum absolute atomic E-state index is 11.2. The van der Waals surface area contributed by atoms with Gasteiger partial charge in [-0.1, -0.05) is 18.2 Å². The average Bonchev–Trinajstić information content (AvgIpc) is 2.37. The Hall–Kier alpha value is -1.54. The van der Waals surface area contributed by atoms with Gasteiger partial charge in [-0.15, -0.1) is 0 Å². The fraction of sp³-hybridized carbons (Fsp3) is 0.500. The van der Waals surface area contributed by atoms with Gasteiger partial charge in [-0.2, -0.15) is 5.26 Å². The smallest absolute Gasteiger partial charge is 0.147 e. The molecule has 1 aliphatic rings. The summed E-state index contributed by atoms with van der Waals surface area (Å²) >= 11 is 0. The van der Waals surface area contributed by atoms with E-state index in [1.165, 1.54) is 6.26 Å². The lowest BCUT2D eigenvalue weighted by molar-refractivity contribution is 0.235. The molecule has 1 heterocycles. The summed E-state index contributed by atoms with van der Waals surface area (Å²) in [4.78, 5) is 0. The minimum Gasteiger partial charge on any atom is -0.493 e. The molecule has 0 amide bonds. The Balaban J connectivity index is 2.23. The number of fused-ring (bicyclic) bond motifs is 1. The Morgan fingerprint density at radius 3 is 2.84 bits per heavy atom. The van der Waals surface area contributed by atoms with E-state index in [0.717, 1.165) is 11.3 Å². The zero-order valence-corrected chi connectivity index (χ0v) is 11.7. The lowest BCUT2D eigenvalue weighted by Crippen LogP contribution is -2.32. The SMILES string of the molecule is CS(=O)(=O)CCCC1(C#N)CCOc2ccccc21. The van der Waals surface area contributed by atoms with Crippen molar-refractivity contribution in [2.24, 2.45) is 0 Å². The normalized spacial score (nSPS) is 22.1. The van der Waals surface area contributed by atoms with Crippen LogP contribution in [0.3, 0.4) is 0 Å². The summed E-state index contributed by atoms with van der Waals surface area (Å²) in [5.74, 6) is 0.870. The van der Waals surface area contributed by atoms with Crippen molar-refractivity contribution in [2.75, 3.05) is 18.6 Å². The molecule has 19 heavy (non-hydrogen) atoms. The van der Waals surface area contributed by atoms with Gasteiger partial charge >= 0.3 is 0 Å². The monoisotopic (exact) mass is 279 g/mol. The largest absolute Gasteiger partial charge is 0.493 e. The molecule has 0 spiro atoms. The minimum absolute atomic E-state index is 0.124. The molecule has 0 aliphatic carbocycles. The number of nitriles is 1. The summed E-state index contributed by atoms with van der Waals surface area (Å²) in [6.45, 7) is 0.503. The maximum atomic E-state index is 11.2. The number of ether oxygens (including phenoxy) is 1. The van der Waals surface area contributed by atoms with Gasteiger partial charge in [0.2, 0.25) is 0 Å². The van der Waals surface area contributed by atoms with Crippen LogP contribution < -0.4 is 4.74 Å². The van der Waals surface area contributed by atoms with Gasteiger partial charge in [0.1, 0.15) is 15.6 Å². The number of para-hydroxylation sites is 1. The van der Waals surface area contributed by atoms with Crippen molar-refractivity contribution in [1.29, 1.82) is 5.26 Å². The molecule has 0 N–H and O–H groups in total. The fourth-order valence-electron chi connectivity index (χ4n) is 2.53. The third kappa shape index (κ3) is 3.07. The lowest BCUT2D eigenvalue weighted by Gasteiger charge is -2.33. The molecule has 5 heteroatoms. The number of hydrogen-bond donors (Lipinski definition) is 0. The molecular formula is C14H17NO3S. The molecule has 1 unspecified atom stereocenters. The van der Waals surface area contributed by atoms with Crippen LogP contribution in [0.5, 0.6) is 5.75 Å². The second-order valence-corrected chi connectivity index (χ2v) is 7.28. The third-order valence-electron chi connectivity index (χ3n) is 3.52. The molecule has 0 saturated heterocycles. The van der Waals surface area contributed by atoms with Crippen LogP contribution in [0.25, 0.3) is 0 Å². The van der Waals surface area contributed by atoms with Crippen molar-refractivity contribution < 1.29 is 13.2 Å². The first kappa shape index (κ1) is 13.9. The average molecular weight is 279 g/mol. The highest BCUT2D eigenvalue weighted by atomic mass is 32.2. The zero-order valence-electron chi connectivity index (χ0n) is 10.9. The van der Waals surface area contributed by atoms with Gasteiger partial charge in [-0.3, -0.25) is 0 Å². The van der Waals surface area contributed by atoms with Crippen LogP contribution in [-0.2, 0) is 15.3 Å². The quantitative estimate of drug-likeness (QED) is 0.846. The van der Waals surface area contributed by atoms with Gasteiger partial charge in [-0.05, 0) is 18.9 Å². The number of benzene rings is 1. The third-order valence-corrected chi connectivity index (χ3v) is 4.55. The number of rotatable bonds is 4. The van der Waals surface area contributed by atoms with Gasteiger partial charge < -0.3 is 4.74 Å². The standard InChI is InChI=1S/C14H17NO3S/c1-19(16,17)10-4-7-14(11-15)8-9-18-13-6-3-2-5-12(13)14/h2-3,5-6H,4,7-10H2,1H3. The predicted molar refractivity (Wildman–Crippen MR) is 72.8 cm³/mol. The van der Waals surface area contributed by atoms with Crippen molar-refractivity contribution >= 4 is 9.84 Å². The van der Waals surface area contributed by atoms with E-state index in [1.54, 1.807) is 0 Å². The molecule has 1 aromatic rings. The van der Waals surface area contributed by atoms with Gasteiger partial charge in [0.05, 0.1) is 18.1 Å². The molecular weight excluding hydrogens is 262 g/mol. The molecule has 1 atom stereocenters. The Labute approximate surface area is 113 Å². The van der Waals surface area contributed by atoms with Crippen molar-refractivity contribution in [3.63, 3.8) is 0 Å². The maximum Gasteiger partial charge on any atom is 0.147 e. The predicted octanol–water partition coefficient (Wildman–Crippen LogP) is 2.06. The van der Waals surface area contributed by atoms with E-state index in [0.29, 0.717) is 25.9 Å². The highest BCUT2D eigenvalue weighted by molar-refractivity contribution is 7.90. The van der Waals surface area contributed by atoms with Crippen LogP contribution in [0.1, 0.15) is 24.8 Å². The molecule has 102 valence electrons. The lowest BCUT2D eigenvalue weighted by atomic mass is 9.74. The molecule has 0 radical (unpaired) electrons. The summed E-state index contributed by atoms with van der Waals surface area (Å²) in [5.41, 5.74) is 0.275. The second kappa shape index (κ2) is 5.22. The van der Waals surface area contributed by atoms with Gasteiger partial charge in [0, 0.05) is 24.0 Å². The molecule has 0 fully saturated rings. The molecule has 0 aromatic heterocycles. The molecule has 1 aliphatic heterocycles. The van der Waals surface area contributed by atoms with E-state index in [9.17, 15) is 13.7 Å². The van der Waals surface area contributed by atoms with Crippen molar-refractivity contribution in [3.8, 4) is 11.8 Å². The Kier molecular flexibility index (Phi) is 3.81. The summed E-state index contributed by atoms with van der Waals surface area (Å²) in [6.07, 6.45) is 2.89. The van der Waals surface area contributed by atoms with E-state index in [4.69, 9.17) is 4.74 Å². The first-order chi connectivity index (χ1) is 8.97. The number of hydrogen-bond acceptors (Lipinski definition) is 4. The molecule has 4 nitrogen and oxygen atoms in total. The Bertz CT molecular complexity index is 603. The Morgan fingerprint density at radius 1 is 1.42 bits per heavy atom. The van der Waals surface area contributed by atoms with Crippen molar-refractivity contribution in [2.45, 2.75) is 24.7 Å². The summed E-state index contributed by atoms with van der Waals surface area (Å²) in [5, 5.41) is 9.56. The first-order valence-electron chi connectivity index (χ1n) is 6.28. The first-order valence-corrected chi connectivity index (χ1v) is 8.34. The second-order valence-electron chi connectivity index (χ2n) is 5.02. The van der Waals surface area contributed by atoms with E-state index >= 15 is 0 Å². The zero-order chi connectivity index (χ0) is 13.9.